The monoisotopic (exact) mass is 194 g/mol. The summed E-state index contributed by atoms with van der Waals surface area (Å²) < 4.78 is 5.40. The average Bonchev–Trinajstić information content (AvgIpc) is 2.81. The summed E-state index contributed by atoms with van der Waals surface area (Å²) in [5, 5.41) is 3.36. The standard InChI is InChI=1S/C11H18N2O/c1-8(2)12-6-10-11(14-7-13-10)5-9-3-4-9/h7-9,12H,3-6H2,1-2H3. The van der Waals surface area contributed by atoms with Gasteiger partial charge in [-0.25, -0.2) is 4.98 Å². The molecule has 1 aliphatic carbocycles. The van der Waals surface area contributed by atoms with Crippen LogP contribution in [0.1, 0.15) is 38.1 Å². The van der Waals surface area contributed by atoms with E-state index in [0.717, 1.165) is 30.3 Å². The van der Waals surface area contributed by atoms with Crippen LogP contribution in [0.5, 0.6) is 0 Å². The van der Waals surface area contributed by atoms with Crippen molar-refractivity contribution in [2.24, 2.45) is 5.92 Å². The SMILES string of the molecule is CC(C)NCc1ncoc1CC1CC1. The molecule has 0 spiro atoms. The van der Waals surface area contributed by atoms with Crippen LogP contribution in [0.4, 0.5) is 0 Å². The summed E-state index contributed by atoms with van der Waals surface area (Å²) in [4.78, 5) is 4.24. The zero-order valence-electron chi connectivity index (χ0n) is 8.92. The summed E-state index contributed by atoms with van der Waals surface area (Å²) in [6, 6.07) is 0.500. The summed E-state index contributed by atoms with van der Waals surface area (Å²) >= 11 is 0. The molecule has 0 aromatic carbocycles. The maximum atomic E-state index is 5.40. The number of rotatable bonds is 5. The Morgan fingerprint density at radius 1 is 1.57 bits per heavy atom. The molecule has 0 unspecified atom stereocenters. The summed E-state index contributed by atoms with van der Waals surface area (Å²) in [7, 11) is 0. The average molecular weight is 194 g/mol. The summed E-state index contributed by atoms with van der Waals surface area (Å²) in [6.07, 6.45) is 5.36. The minimum atomic E-state index is 0.500. The number of aromatic nitrogens is 1. The number of nitrogens with one attached hydrogen (secondary N) is 1. The molecule has 78 valence electrons. The van der Waals surface area contributed by atoms with Crippen molar-refractivity contribution in [1.82, 2.24) is 10.3 Å². The minimum absolute atomic E-state index is 0.500. The van der Waals surface area contributed by atoms with Gasteiger partial charge >= 0.3 is 0 Å². The van der Waals surface area contributed by atoms with E-state index in [2.05, 4.69) is 24.1 Å². The number of oxazole rings is 1. The highest BCUT2D eigenvalue weighted by molar-refractivity contribution is 5.09. The van der Waals surface area contributed by atoms with Gasteiger partial charge in [0.05, 0.1) is 5.69 Å². The Morgan fingerprint density at radius 3 is 3.00 bits per heavy atom. The highest BCUT2D eigenvalue weighted by Gasteiger charge is 2.24. The van der Waals surface area contributed by atoms with Gasteiger partial charge < -0.3 is 9.73 Å². The van der Waals surface area contributed by atoms with Gasteiger partial charge in [0.15, 0.2) is 6.39 Å². The molecule has 0 atom stereocenters. The van der Waals surface area contributed by atoms with Crippen LogP contribution >= 0.6 is 0 Å². The van der Waals surface area contributed by atoms with E-state index in [1.54, 1.807) is 6.39 Å². The van der Waals surface area contributed by atoms with Gasteiger partial charge in [0, 0.05) is 19.0 Å². The van der Waals surface area contributed by atoms with Gasteiger partial charge in [0.2, 0.25) is 0 Å². The molecule has 0 amide bonds. The molecule has 1 saturated carbocycles. The van der Waals surface area contributed by atoms with Crippen LogP contribution in [0.25, 0.3) is 0 Å². The van der Waals surface area contributed by atoms with Crippen LogP contribution < -0.4 is 5.32 Å². The van der Waals surface area contributed by atoms with Crippen molar-refractivity contribution in [1.29, 1.82) is 0 Å². The molecule has 0 bridgehead atoms. The Hall–Kier alpha value is -0.830. The second kappa shape index (κ2) is 4.13. The van der Waals surface area contributed by atoms with Gasteiger partial charge in [0.25, 0.3) is 0 Å². The predicted octanol–water partition coefficient (Wildman–Crippen LogP) is 2.13. The summed E-state index contributed by atoms with van der Waals surface area (Å²) in [5.74, 6) is 1.95. The first kappa shape index (κ1) is 9.71. The van der Waals surface area contributed by atoms with Crippen LogP contribution in [-0.2, 0) is 13.0 Å². The van der Waals surface area contributed by atoms with Crippen LogP contribution in [-0.4, -0.2) is 11.0 Å². The fraction of sp³-hybridized carbons (Fsp3) is 0.727. The first-order valence-electron chi connectivity index (χ1n) is 5.40. The first-order chi connectivity index (χ1) is 6.75. The number of hydrogen-bond donors (Lipinski definition) is 1. The Morgan fingerprint density at radius 2 is 2.36 bits per heavy atom. The lowest BCUT2D eigenvalue weighted by molar-refractivity contribution is 0.484. The van der Waals surface area contributed by atoms with E-state index in [9.17, 15) is 0 Å². The topological polar surface area (TPSA) is 38.1 Å². The van der Waals surface area contributed by atoms with Crippen molar-refractivity contribution in [2.45, 2.75) is 45.7 Å². The zero-order valence-corrected chi connectivity index (χ0v) is 8.92. The van der Waals surface area contributed by atoms with E-state index < -0.39 is 0 Å². The smallest absolute Gasteiger partial charge is 0.181 e. The molecule has 0 aliphatic heterocycles. The molecule has 0 radical (unpaired) electrons. The second-order valence-corrected chi connectivity index (χ2v) is 4.41. The fourth-order valence-corrected chi connectivity index (χ4v) is 1.49. The van der Waals surface area contributed by atoms with Crippen molar-refractivity contribution in [3.8, 4) is 0 Å². The van der Waals surface area contributed by atoms with Crippen LogP contribution in [0.3, 0.4) is 0 Å². The van der Waals surface area contributed by atoms with E-state index in [0.29, 0.717) is 6.04 Å². The lowest BCUT2D eigenvalue weighted by atomic mass is 10.2. The van der Waals surface area contributed by atoms with Gasteiger partial charge in [-0.1, -0.05) is 13.8 Å². The lowest BCUT2D eigenvalue weighted by Crippen LogP contribution is -2.22. The normalized spacial score (nSPS) is 16.5. The predicted molar refractivity (Wildman–Crippen MR) is 54.9 cm³/mol. The maximum Gasteiger partial charge on any atom is 0.181 e. The molecule has 3 nitrogen and oxygen atoms in total. The molecule has 2 rings (SSSR count). The van der Waals surface area contributed by atoms with Crippen LogP contribution in [0, 0.1) is 5.92 Å². The molecule has 1 fully saturated rings. The van der Waals surface area contributed by atoms with E-state index in [1.807, 2.05) is 0 Å². The summed E-state index contributed by atoms with van der Waals surface area (Å²) in [5.41, 5.74) is 1.09. The van der Waals surface area contributed by atoms with E-state index in [1.165, 1.54) is 12.8 Å². The van der Waals surface area contributed by atoms with Crippen LogP contribution in [0.15, 0.2) is 10.8 Å². The number of hydrogen-bond acceptors (Lipinski definition) is 3. The molecule has 14 heavy (non-hydrogen) atoms. The van der Waals surface area contributed by atoms with Crippen molar-refractivity contribution in [3.05, 3.63) is 17.8 Å². The van der Waals surface area contributed by atoms with Crippen molar-refractivity contribution in [2.75, 3.05) is 0 Å². The third-order valence-electron chi connectivity index (χ3n) is 2.57. The zero-order chi connectivity index (χ0) is 9.97. The third-order valence-corrected chi connectivity index (χ3v) is 2.57. The van der Waals surface area contributed by atoms with Crippen LogP contribution in [0.2, 0.25) is 0 Å². The Balaban J connectivity index is 1.90. The fourth-order valence-electron chi connectivity index (χ4n) is 1.49. The molecule has 1 heterocycles. The quantitative estimate of drug-likeness (QED) is 0.780. The minimum Gasteiger partial charge on any atom is -0.448 e. The largest absolute Gasteiger partial charge is 0.448 e. The lowest BCUT2D eigenvalue weighted by Gasteiger charge is -2.06. The Kier molecular flexibility index (Phi) is 2.87. The maximum absolute atomic E-state index is 5.40. The summed E-state index contributed by atoms with van der Waals surface area (Å²) in [6.45, 7) is 5.11. The molecule has 0 saturated heterocycles. The molecule has 3 heteroatoms. The highest BCUT2D eigenvalue weighted by atomic mass is 16.3. The van der Waals surface area contributed by atoms with Gasteiger partial charge in [-0.05, 0) is 18.8 Å². The van der Waals surface area contributed by atoms with Gasteiger partial charge in [-0.3, -0.25) is 0 Å². The molecular formula is C11H18N2O. The van der Waals surface area contributed by atoms with E-state index in [4.69, 9.17) is 4.42 Å². The van der Waals surface area contributed by atoms with Gasteiger partial charge in [-0.15, -0.1) is 0 Å². The molecular weight excluding hydrogens is 176 g/mol. The molecule has 1 aromatic rings. The van der Waals surface area contributed by atoms with E-state index in [-0.39, 0.29) is 0 Å². The van der Waals surface area contributed by atoms with Crippen molar-refractivity contribution in [3.63, 3.8) is 0 Å². The first-order valence-corrected chi connectivity index (χ1v) is 5.40. The Labute approximate surface area is 84.9 Å². The van der Waals surface area contributed by atoms with Gasteiger partial charge in [0.1, 0.15) is 5.76 Å². The number of nitrogens with zero attached hydrogens (tertiary/aromatic N) is 1. The highest BCUT2D eigenvalue weighted by Crippen LogP contribution is 2.33. The third kappa shape index (κ3) is 2.58. The molecule has 1 aliphatic rings. The van der Waals surface area contributed by atoms with Crippen molar-refractivity contribution < 1.29 is 4.42 Å². The molecule has 1 aromatic heterocycles. The second-order valence-electron chi connectivity index (χ2n) is 4.41. The molecule has 1 N–H and O–H groups in total. The van der Waals surface area contributed by atoms with Gasteiger partial charge in [-0.2, -0.15) is 0 Å². The Bertz CT molecular complexity index is 289. The van der Waals surface area contributed by atoms with Crippen molar-refractivity contribution >= 4 is 0 Å². The van der Waals surface area contributed by atoms with E-state index >= 15 is 0 Å².